The maximum atomic E-state index is 12.3. The quantitative estimate of drug-likeness (QED) is 0.865. The van der Waals surface area contributed by atoms with Crippen LogP contribution in [0.25, 0.3) is 0 Å². The molecule has 0 saturated carbocycles. The maximum Gasteiger partial charge on any atom is 0.246 e. The van der Waals surface area contributed by atoms with Crippen LogP contribution in [-0.4, -0.2) is 25.9 Å². The molecule has 0 aliphatic carbocycles. The molecule has 0 bridgehead atoms. The van der Waals surface area contributed by atoms with E-state index in [0.717, 1.165) is 5.69 Å². The number of rotatable bonds is 5. The minimum Gasteiger partial charge on any atom is -0.495 e. The van der Waals surface area contributed by atoms with E-state index in [9.17, 15) is 4.79 Å². The van der Waals surface area contributed by atoms with Gasteiger partial charge in [0.15, 0.2) is 11.5 Å². The molecule has 0 saturated heterocycles. The summed E-state index contributed by atoms with van der Waals surface area (Å²) in [7, 11) is 1.55. The molecule has 7 heteroatoms. The van der Waals surface area contributed by atoms with Gasteiger partial charge in [-0.25, -0.2) is 0 Å². The third kappa shape index (κ3) is 3.49. The number of amides is 1. The van der Waals surface area contributed by atoms with Crippen molar-refractivity contribution in [2.24, 2.45) is 0 Å². The Balaban J connectivity index is 1.63. The SMILES string of the molecule is COc1ccc(NC(C)C(=O)Nc2ccc3c(c2)OCO3)cc1Cl. The van der Waals surface area contributed by atoms with Crippen LogP contribution in [0, 0.1) is 0 Å². The first-order chi connectivity index (χ1) is 11.6. The fourth-order valence-electron chi connectivity index (χ4n) is 2.30. The Morgan fingerprint density at radius 2 is 1.92 bits per heavy atom. The number of fused-ring (bicyclic) bond motifs is 1. The van der Waals surface area contributed by atoms with E-state index in [0.29, 0.717) is 28.0 Å². The molecule has 0 spiro atoms. The number of nitrogens with one attached hydrogen (secondary N) is 2. The number of halogens is 1. The summed E-state index contributed by atoms with van der Waals surface area (Å²) in [5.74, 6) is 1.70. The van der Waals surface area contributed by atoms with Crippen LogP contribution >= 0.6 is 11.6 Å². The fraction of sp³-hybridized carbons (Fsp3) is 0.235. The first kappa shape index (κ1) is 16.3. The average molecular weight is 349 g/mol. The second-order valence-electron chi connectivity index (χ2n) is 5.27. The molecule has 1 amide bonds. The minimum absolute atomic E-state index is 0.180. The van der Waals surface area contributed by atoms with E-state index in [1.54, 1.807) is 50.4 Å². The smallest absolute Gasteiger partial charge is 0.246 e. The molecule has 1 heterocycles. The van der Waals surface area contributed by atoms with E-state index < -0.39 is 6.04 Å². The molecule has 24 heavy (non-hydrogen) atoms. The van der Waals surface area contributed by atoms with Crippen molar-refractivity contribution in [3.05, 3.63) is 41.4 Å². The van der Waals surface area contributed by atoms with Gasteiger partial charge < -0.3 is 24.8 Å². The van der Waals surface area contributed by atoms with Crippen LogP contribution in [0.15, 0.2) is 36.4 Å². The summed E-state index contributed by atoms with van der Waals surface area (Å²) in [6.45, 7) is 1.96. The van der Waals surface area contributed by atoms with Gasteiger partial charge in [-0.05, 0) is 37.3 Å². The predicted octanol–water partition coefficient (Wildman–Crippen LogP) is 3.52. The monoisotopic (exact) mass is 348 g/mol. The van der Waals surface area contributed by atoms with Gasteiger partial charge in [0, 0.05) is 17.4 Å². The number of methoxy groups -OCH3 is 1. The lowest BCUT2D eigenvalue weighted by atomic mass is 10.2. The Morgan fingerprint density at radius 1 is 1.17 bits per heavy atom. The second kappa shape index (κ2) is 6.88. The van der Waals surface area contributed by atoms with Crippen LogP contribution in [0.3, 0.4) is 0 Å². The summed E-state index contributed by atoms with van der Waals surface area (Å²) in [5, 5.41) is 6.41. The number of carbonyl (C=O) groups is 1. The highest BCUT2D eigenvalue weighted by Crippen LogP contribution is 2.34. The van der Waals surface area contributed by atoms with Crippen LogP contribution < -0.4 is 24.8 Å². The summed E-state index contributed by atoms with van der Waals surface area (Å²) in [6, 6.07) is 10.1. The summed E-state index contributed by atoms with van der Waals surface area (Å²) < 4.78 is 15.6. The highest BCUT2D eigenvalue weighted by molar-refractivity contribution is 6.32. The predicted molar refractivity (Wildman–Crippen MR) is 92.3 cm³/mol. The molecule has 1 atom stereocenters. The van der Waals surface area contributed by atoms with Crippen LogP contribution in [0.1, 0.15) is 6.92 Å². The van der Waals surface area contributed by atoms with Crippen molar-refractivity contribution in [2.45, 2.75) is 13.0 Å². The van der Waals surface area contributed by atoms with Crippen molar-refractivity contribution < 1.29 is 19.0 Å². The van der Waals surface area contributed by atoms with Crippen LogP contribution in [0.5, 0.6) is 17.2 Å². The van der Waals surface area contributed by atoms with E-state index in [4.69, 9.17) is 25.8 Å². The Bertz CT molecular complexity index is 766. The number of anilines is 2. The van der Waals surface area contributed by atoms with Gasteiger partial charge in [-0.1, -0.05) is 11.6 Å². The highest BCUT2D eigenvalue weighted by atomic mass is 35.5. The summed E-state index contributed by atoms with van der Waals surface area (Å²) in [5.41, 5.74) is 1.37. The van der Waals surface area contributed by atoms with Gasteiger partial charge in [0.2, 0.25) is 12.7 Å². The fourth-order valence-corrected chi connectivity index (χ4v) is 2.55. The van der Waals surface area contributed by atoms with Gasteiger partial charge in [0.05, 0.1) is 12.1 Å². The van der Waals surface area contributed by atoms with Crippen molar-refractivity contribution in [1.29, 1.82) is 0 Å². The molecule has 1 unspecified atom stereocenters. The normalized spacial score (nSPS) is 13.3. The molecule has 3 rings (SSSR count). The van der Waals surface area contributed by atoms with Crippen molar-refractivity contribution in [1.82, 2.24) is 0 Å². The molecule has 1 aliphatic rings. The first-order valence-corrected chi connectivity index (χ1v) is 7.75. The molecule has 6 nitrogen and oxygen atoms in total. The average Bonchev–Trinajstić information content (AvgIpc) is 3.02. The lowest BCUT2D eigenvalue weighted by molar-refractivity contribution is -0.116. The Kier molecular flexibility index (Phi) is 4.66. The zero-order chi connectivity index (χ0) is 17.1. The first-order valence-electron chi connectivity index (χ1n) is 7.37. The molecule has 2 N–H and O–H groups in total. The molecule has 1 aliphatic heterocycles. The van der Waals surface area contributed by atoms with E-state index >= 15 is 0 Å². The van der Waals surface area contributed by atoms with E-state index in [1.807, 2.05) is 0 Å². The second-order valence-corrected chi connectivity index (χ2v) is 5.68. The Labute approximate surface area is 144 Å². The van der Waals surface area contributed by atoms with Gasteiger partial charge in [-0.3, -0.25) is 4.79 Å². The highest BCUT2D eigenvalue weighted by Gasteiger charge is 2.17. The van der Waals surface area contributed by atoms with E-state index in [-0.39, 0.29) is 12.7 Å². The molecule has 2 aromatic rings. The van der Waals surface area contributed by atoms with Gasteiger partial charge in [-0.15, -0.1) is 0 Å². The van der Waals surface area contributed by atoms with Crippen molar-refractivity contribution in [3.63, 3.8) is 0 Å². The van der Waals surface area contributed by atoms with Gasteiger partial charge >= 0.3 is 0 Å². The topological polar surface area (TPSA) is 68.8 Å². The van der Waals surface area contributed by atoms with Crippen LogP contribution in [-0.2, 0) is 4.79 Å². The number of hydrogen-bond acceptors (Lipinski definition) is 5. The largest absolute Gasteiger partial charge is 0.495 e. The molecule has 126 valence electrons. The maximum absolute atomic E-state index is 12.3. The number of ether oxygens (including phenoxy) is 3. The molecular formula is C17H17ClN2O4. The zero-order valence-corrected chi connectivity index (χ0v) is 14.0. The lowest BCUT2D eigenvalue weighted by Crippen LogP contribution is -2.31. The third-order valence-electron chi connectivity index (χ3n) is 3.57. The standard InChI is InChI=1S/C17H17ClN2O4/c1-10(19-11-3-5-14(22-2)13(18)7-11)17(21)20-12-4-6-15-16(8-12)24-9-23-15/h3-8,10,19H,9H2,1-2H3,(H,20,21). The minimum atomic E-state index is -0.458. The van der Waals surface area contributed by atoms with E-state index in [2.05, 4.69) is 10.6 Å². The summed E-state index contributed by atoms with van der Waals surface area (Å²) >= 11 is 6.09. The number of hydrogen-bond donors (Lipinski definition) is 2. The molecule has 0 radical (unpaired) electrons. The van der Waals surface area contributed by atoms with Crippen LogP contribution in [0.4, 0.5) is 11.4 Å². The van der Waals surface area contributed by atoms with Gasteiger partial charge in [-0.2, -0.15) is 0 Å². The molecular weight excluding hydrogens is 332 g/mol. The molecule has 2 aromatic carbocycles. The lowest BCUT2D eigenvalue weighted by Gasteiger charge is -2.16. The van der Waals surface area contributed by atoms with Crippen molar-refractivity contribution in [2.75, 3.05) is 24.5 Å². The molecule has 0 fully saturated rings. The Morgan fingerprint density at radius 3 is 2.67 bits per heavy atom. The van der Waals surface area contributed by atoms with E-state index in [1.165, 1.54) is 0 Å². The molecule has 0 aromatic heterocycles. The zero-order valence-electron chi connectivity index (χ0n) is 13.3. The van der Waals surface area contributed by atoms with Gasteiger partial charge in [0.1, 0.15) is 11.8 Å². The van der Waals surface area contributed by atoms with Gasteiger partial charge in [0.25, 0.3) is 0 Å². The number of benzene rings is 2. The number of carbonyl (C=O) groups excluding carboxylic acids is 1. The van der Waals surface area contributed by atoms with Crippen molar-refractivity contribution >= 4 is 28.9 Å². The summed E-state index contributed by atoms with van der Waals surface area (Å²) in [6.07, 6.45) is 0. The van der Waals surface area contributed by atoms with Crippen LogP contribution in [0.2, 0.25) is 5.02 Å². The summed E-state index contributed by atoms with van der Waals surface area (Å²) in [4.78, 5) is 12.3. The van der Waals surface area contributed by atoms with Crippen molar-refractivity contribution in [3.8, 4) is 17.2 Å². The Hall–Kier alpha value is -2.60. The third-order valence-corrected chi connectivity index (χ3v) is 3.86.